The Morgan fingerprint density at radius 2 is 1.69 bits per heavy atom. The SMILES string of the molecule is O=C([O-])C(=O)C=CC=Cc1ccccc1.[K+]. The van der Waals surface area contributed by atoms with Gasteiger partial charge in [-0.2, -0.15) is 0 Å². The molecule has 0 N–H and O–H groups in total. The van der Waals surface area contributed by atoms with E-state index in [-0.39, 0.29) is 51.4 Å². The van der Waals surface area contributed by atoms with Crippen molar-refractivity contribution in [3.63, 3.8) is 0 Å². The summed E-state index contributed by atoms with van der Waals surface area (Å²) in [6.45, 7) is 0. The van der Waals surface area contributed by atoms with E-state index in [4.69, 9.17) is 0 Å². The molecule has 0 aliphatic carbocycles. The first-order chi connectivity index (χ1) is 7.20. The zero-order chi connectivity index (χ0) is 11.1. The molecule has 1 aromatic carbocycles. The van der Waals surface area contributed by atoms with E-state index in [1.54, 1.807) is 12.2 Å². The van der Waals surface area contributed by atoms with Crippen LogP contribution in [0.4, 0.5) is 0 Å². The van der Waals surface area contributed by atoms with Crippen LogP contribution in [-0.4, -0.2) is 11.8 Å². The Labute approximate surface area is 136 Å². The van der Waals surface area contributed by atoms with Crippen molar-refractivity contribution in [1.82, 2.24) is 0 Å². The van der Waals surface area contributed by atoms with Gasteiger partial charge in [0.2, 0.25) is 5.78 Å². The maximum Gasteiger partial charge on any atom is 1.00 e. The van der Waals surface area contributed by atoms with Crippen molar-refractivity contribution in [1.29, 1.82) is 0 Å². The van der Waals surface area contributed by atoms with E-state index in [2.05, 4.69) is 0 Å². The van der Waals surface area contributed by atoms with E-state index in [9.17, 15) is 14.7 Å². The van der Waals surface area contributed by atoms with Gasteiger partial charge in [-0.3, -0.25) is 4.79 Å². The Kier molecular flexibility index (Phi) is 8.33. The van der Waals surface area contributed by atoms with E-state index in [1.165, 1.54) is 6.08 Å². The van der Waals surface area contributed by atoms with Gasteiger partial charge in [0.25, 0.3) is 0 Å². The van der Waals surface area contributed by atoms with E-state index < -0.39 is 11.8 Å². The number of allylic oxidation sites excluding steroid dienone is 2. The second-order valence-corrected chi connectivity index (χ2v) is 2.78. The monoisotopic (exact) mass is 240 g/mol. The Morgan fingerprint density at radius 3 is 2.25 bits per heavy atom. The molecule has 0 saturated heterocycles. The molecule has 1 rings (SSSR count). The fourth-order valence-electron chi connectivity index (χ4n) is 0.942. The van der Waals surface area contributed by atoms with Crippen LogP contribution in [0.5, 0.6) is 0 Å². The predicted octanol–water partition coefficient (Wildman–Crippen LogP) is -2.42. The Morgan fingerprint density at radius 1 is 1.06 bits per heavy atom. The molecule has 1 aromatic rings. The summed E-state index contributed by atoms with van der Waals surface area (Å²) in [4.78, 5) is 20.6. The van der Waals surface area contributed by atoms with Crippen LogP contribution in [0.3, 0.4) is 0 Å². The van der Waals surface area contributed by atoms with E-state index in [1.807, 2.05) is 30.3 Å². The Hall–Kier alpha value is -0.524. The van der Waals surface area contributed by atoms with E-state index in [0.29, 0.717) is 0 Å². The van der Waals surface area contributed by atoms with Crippen molar-refractivity contribution >= 4 is 17.8 Å². The number of hydrogen-bond acceptors (Lipinski definition) is 3. The Balaban J connectivity index is 0.00000225. The number of aliphatic carboxylic acids is 1. The zero-order valence-corrected chi connectivity index (χ0v) is 12.0. The van der Waals surface area contributed by atoms with Crippen LogP contribution in [0, 0.1) is 0 Å². The molecule has 0 heterocycles. The molecule has 4 heteroatoms. The second kappa shape index (κ2) is 8.61. The molecule has 76 valence electrons. The zero-order valence-electron chi connectivity index (χ0n) is 8.92. The molecular formula is C12H9KO3. The minimum atomic E-state index is -1.70. The van der Waals surface area contributed by atoms with Crippen molar-refractivity contribution in [2.24, 2.45) is 0 Å². The van der Waals surface area contributed by atoms with Crippen molar-refractivity contribution in [2.75, 3.05) is 0 Å². The van der Waals surface area contributed by atoms with Crippen LogP contribution in [0.2, 0.25) is 0 Å². The van der Waals surface area contributed by atoms with E-state index >= 15 is 0 Å². The fourth-order valence-corrected chi connectivity index (χ4v) is 0.942. The summed E-state index contributed by atoms with van der Waals surface area (Å²) in [7, 11) is 0. The third kappa shape index (κ3) is 6.14. The molecule has 0 spiro atoms. The smallest absolute Gasteiger partial charge is 0.541 e. The number of ketones is 1. The molecule has 0 aliphatic rings. The summed E-state index contributed by atoms with van der Waals surface area (Å²) >= 11 is 0. The number of rotatable bonds is 4. The largest absolute Gasteiger partial charge is 1.00 e. The standard InChI is InChI=1S/C12H10O3.K/c13-11(12(14)15)9-5-4-8-10-6-2-1-3-7-10;/h1-9H,(H,14,15);/q;+1/p-1. The summed E-state index contributed by atoms with van der Waals surface area (Å²) in [6, 6.07) is 9.45. The van der Waals surface area contributed by atoms with Crippen LogP contribution < -0.4 is 56.5 Å². The topological polar surface area (TPSA) is 57.2 Å². The second-order valence-electron chi connectivity index (χ2n) is 2.78. The van der Waals surface area contributed by atoms with Crippen LogP contribution in [0.15, 0.2) is 48.6 Å². The summed E-state index contributed by atoms with van der Waals surface area (Å²) < 4.78 is 0. The van der Waals surface area contributed by atoms with E-state index in [0.717, 1.165) is 11.6 Å². The van der Waals surface area contributed by atoms with Gasteiger partial charge in [-0.1, -0.05) is 48.6 Å². The van der Waals surface area contributed by atoms with Gasteiger partial charge in [0, 0.05) is 0 Å². The normalized spacial score (nSPS) is 10.2. The molecule has 0 atom stereocenters. The van der Waals surface area contributed by atoms with Crippen molar-refractivity contribution in [3.8, 4) is 0 Å². The minimum absolute atomic E-state index is 0. The minimum Gasteiger partial charge on any atom is -0.541 e. The van der Waals surface area contributed by atoms with Crippen LogP contribution in [0.1, 0.15) is 5.56 Å². The van der Waals surface area contributed by atoms with Crippen LogP contribution in [-0.2, 0) is 9.59 Å². The summed E-state index contributed by atoms with van der Waals surface area (Å²) in [5.74, 6) is -2.73. The number of hydrogen-bond donors (Lipinski definition) is 0. The number of carboxylic acids is 1. The average molecular weight is 240 g/mol. The number of carbonyl (C=O) groups excluding carboxylic acids is 2. The molecule has 16 heavy (non-hydrogen) atoms. The molecule has 0 unspecified atom stereocenters. The van der Waals surface area contributed by atoms with Gasteiger partial charge in [-0.15, -0.1) is 0 Å². The maximum atomic E-state index is 10.6. The average Bonchev–Trinajstić information content (AvgIpc) is 2.25. The third-order valence-corrected chi connectivity index (χ3v) is 1.65. The van der Waals surface area contributed by atoms with Crippen molar-refractivity contribution < 1.29 is 66.1 Å². The number of carbonyl (C=O) groups is 2. The van der Waals surface area contributed by atoms with Gasteiger partial charge in [0.05, 0.1) is 0 Å². The maximum absolute atomic E-state index is 10.6. The molecule has 0 bridgehead atoms. The Bertz CT molecular complexity index is 408. The first-order valence-corrected chi connectivity index (χ1v) is 4.35. The molecule has 0 saturated carbocycles. The first kappa shape index (κ1) is 15.5. The van der Waals surface area contributed by atoms with Crippen LogP contribution >= 0.6 is 0 Å². The summed E-state index contributed by atoms with van der Waals surface area (Å²) in [6.07, 6.45) is 5.68. The molecule has 0 radical (unpaired) electrons. The van der Waals surface area contributed by atoms with Crippen molar-refractivity contribution in [2.45, 2.75) is 0 Å². The molecule has 0 aliphatic heterocycles. The summed E-state index contributed by atoms with van der Waals surface area (Å²) in [5, 5.41) is 10.0. The van der Waals surface area contributed by atoms with Gasteiger partial charge in [0.1, 0.15) is 5.97 Å². The molecule has 0 aromatic heterocycles. The van der Waals surface area contributed by atoms with Gasteiger partial charge < -0.3 is 9.90 Å². The van der Waals surface area contributed by atoms with Gasteiger partial charge in [-0.25, -0.2) is 0 Å². The number of benzene rings is 1. The van der Waals surface area contributed by atoms with Gasteiger partial charge in [-0.05, 0) is 11.6 Å². The van der Waals surface area contributed by atoms with Gasteiger partial charge in [0.15, 0.2) is 0 Å². The molecular weight excluding hydrogens is 231 g/mol. The molecule has 0 fully saturated rings. The third-order valence-electron chi connectivity index (χ3n) is 1.65. The van der Waals surface area contributed by atoms with Gasteiger partial charge >= 0.3 is 51.4 Å². The predicted molar refractivity (Wildman–Crippen MR) is 54.6 cm³/mol. The first-order valence-electron chi connectivity index (χ1n) is 4.35. The summed E-state index contributed by atoms with van der Waals surface area (Å²) in [5.41, 5.74) is 0.975. The molecule has 0 amide bonds. The van der Waals surface area contributed by atoms with Crippen LogP contribution in [0.25, 0.3) is 6.08 Å². The molecule has 3 nitrogen and oxygen atoms in total. The number of carboxylic acid groups (broad SMARTS) is 1. The fraction of sp³-hybridized carbons (Fsp3) is 0. The quantitative estimate of drug-likeness (QED) is 0.255. The van der Waals surface area contributed by atoms with Crippen molar-refractivity contribution in [3.05, 3.63) is 54.1 Å².